The minimum Gasteiger partial charge on any atom is -0.489 e. The molecule has 0 radical (unpaired) electrons. The molecule has 1 aromatic carbocycles. The fourth-order valence-corrected chi connectivity index (χ4v) is 1.64. The summed E-state index contributed by atoms with van der Waals surface area (Å²) in [5.41, 5.74) is 1.16. The van der Waals surface area contributed by atoms with Crippen LogP contribution in [0.3, 0.4) is 0 Å². The molecule has 1 aromatic rings. The van der Waals surface area contributed by atoms with Crippen molar-refractivity contribution in [2.75, 3.05) is 25.5 Å². The van der Waals surface area contributed by atoms with Gasteiger partial charge in [-0.1, -0.05) is 13.0 Å². The monoisotopic (exact) mass is 236 g/mol. The first kappa shape index (κ1) is 13.8. The van der Waals surface area contributed by atoms with Crippen LogP contribution >= 0.6 is 0 Å². The van der Waals surface area contributed by atoms with Gasteiger partial charge in [0, 0.05) is 31.9 Å². The maximum absolute atomic E-state index is 5.93. The van der Waals surface area contributed by atoms with Crippen LogP contribution in [0.5, 0.6) is 5.75 Å². The highest BCUT2D eigenvalue weighted by Gasteiger charge is 2.12. The second-order valence-corrected chi connectivity index (χ2v) is 4.56. The van der Waals surface area contributed by atoms with E-state index in [1.165, 1.54) is 0 Å². The predicted molar refractivity (Wildman–Crippen MR) is 74.0 cm³/mol. The minimum absolute atomic E-state index is 0.160. The standard InChI is InChI=1S/C14H24N2O/c1-6-15-11(2)12(3)17-14-9-7-8-13(10-14)16(4)5/h7-12,15H,6H2,1-5H3. The van der Waals surface area contributed by atoms with E-state index < -0.39 is 0 Å². The summed E-state index contributed by atoms with van der Waals surface area (Å²) in [7, 11) is 4.06. The maximum atomic E-state index is 5.93. The van der Waals surface area contributed by atoms with E-state index in [1.54, 1.807) is 0 Å². The molecule has 0 amide bonds. The van der Waals surface area contributed by atoms with Crippen LogP contribution in [-0.4, -0.2) is 32.8 Å². The first-order valence-electron chi connectivity index (χ1n) is 6.22. The van der Waals surface area contributed by atoms with Crippen LogP contribution in [0.25, 0.3) is 0 Å². The van der Waals surface area contributed by atoms with E-state index >= 15 is 0 Å². The third-order valence-electron chi connectivity index (χ3n) is 2.89. The molecule has 0 aliphatic rings. The van der Waals surface area contributed by atoms with Gasteiger partial charge in [-0.05, 0) is 32.5 Å². The largest absolute Gasteiger partial charge is 0.489 e. The van der Waals surface area contributed by atoms with Crippen molar-refractivity contribution in [3.05, 3.63) is 24.3 Å². The van der Waals surface area contributed by atoms with E-state index in [1.807, 2.05) is 26.2 Å². The lowest BCUT2D eigenvalue weighted by Crippen LogP contribution is -2.38. The van der Waals surface area contributed by atoms with Crippen LogP contribution in [0.15, 0.2) is 24.3 Å². The molecule has 0 saturated carbocycles. The molecule has 17 heavy (non-hydrogen) atoms. The smallest absolute Gasteiger partial charge is 0.121 e. The molecule has 0 heterocycles. The van der Waals surface area contributed by atoms with E-state index in [0.29, 0.717) is 6.04 Å². The molecule has 0 fully saturated rings. The van der Waals surface area contributed by atoms with Gasteiger partial charge in [0.05, 0.1) is 0 Å². The van der Waals surface area contributed by atoms with Gasteiger partial charge in [0.15, 0.2) is 0 Å². The van der Waals surface area contributed by atoms with Crippen molar-refractivity contribution < 1.29 is 4.74 Å². The van der Waals surface area contributed by atoms with Crippen LogP contribution < -0.4 is 15.0 Å². The number of ether oxygens (including phenoxy) is 1. The molecule has 1 N–H and O–H groups in total. The summed E-state index contributed by atoms with van der Waals surface area (Å²) in [5.74, 6) is 0.924. The van der Waals surface area contributed by atoms with Gasteiger partial charge in [-0.25, -0.2) is 0 Å². The average molecular weight is 236 g/mol. The van der Waals surface area contributed by atoms with Gasteiger partial charge < -0.3 is 15.0 Å². The summed E-state index contributed by atoms with van der Waals surface area (Å²) in [6.45, 7) is 7.31. The van der Waals surface area contributed by atoms with Gasteiger partial charge in [0.25, 0.3) is 0 Å². The normalized spacial score (nSPS) is 14.2. The number of benzene rings is 1. The average Bonchev–Trinajstić information content (AvgIpc) is 2.29. The topological polar surface area (TPSA) is 24.5 Å². The number of nitrogens with one attached hydrogen (secondary N) is 1. The first-order valence-corrected chi connectivity index (χ1v) is 6.22. The van der Waals surface area contributed by atoms with Gasteiger partial charge >= 0.3 is 0 Å². The summed E-state index contributed by atoms with van der Waals surface area (Å²) in [6, 6.07) is 8.51. The van der Waals surface area contributed by atoms with Crippen molar-refractivity contribution in [2.45, 2.75) is 32.9 Å². The molecule has 1 rings (SSSR count). The number of likely N-dealkylation sites (N-methyl/N-ethyl adjacent to an activating group) is 1. The number of anilines is 1. The predicted octanol–water partition coefficient (Wildman–Crippen LogP) is 2.52. The molecule has 2 unspecified atom stereocenters. The summed E-state index contributed by atoms with van der Waals surface area (Å²) < 4.78 is 5.93. The van der Waals surface area contributed by atoms with Crippen molar-refractivity contribution in [3.8, 4) is 5.75 Å². The van der Waals surface area contributed by atoms with Crippen molar-refractivity contribution in [1.82, 2.24) is 5.32 Å². The highest BCUT2D eigenvalue weighted by atomic mass is 16.5. The van der Waals surface area contributed by atoms with Gasteiger partial charge in [0.2, 0.25) is 0 Å². The molecule has 0 aliphatic heterocycles. The molecular weight excluding hydrogens is 212 g/mol. The van der Waals surface area contributed by atoms with Crippen LogP contribution in [0.1, 0.15) is 20.8 Å². The van der Waals surface area contributed by atoms with Gasteiger partial charge in [-0.2, -0.15) is 0 Å². The Balaban J connectivity index is 2.64. The van der Waals surface area contributed by atoms with Crippen LogP contribution in [0, 0.1) is 0 Å². The molecule has 2 atom stereocenters. The Morgan fingerprint density at radius 1 is 1.29 bits per heavy atom. The first-order chi connectivity index (χ1) is 8.04. The van der Waals surface area contributed by atoms with E-state index in [4.69, 9.17) is 4.74 Å². The van der Waals surface area contributed by atoms with Crippen molar-refractivity contribution in [2.24, 2.45) is 0 Å². The Bertz CT molecular complexity index is 339. The van der Waals surface area contributed by atoms with Crippen LogP contribution in [0.4, 0.5) is 5.69 Å². The fourth-order valence-electron chi connectivity index (χ4n) is 1.64. The lowest BCUT2D eigenvalue weighted by molar-refractivity contribution is 0.179. The van der Waals surface area contributed by atoms with Gasteiger partial charge in [-0.3, -0.25) is 0 Å². The highest BCUT2D eigenvalue weighted by molar-refractivity contribution is 5.49. The summed E-state index contributed by atoms with van der Waals surface area (Å²) in [4.78, 5) is 2.07. The Hall–Kier alpha value is -1.22. The lowest BCUT2D eigenvalue weighted by atomic mass is 10.2. The third-order valence-corrected chi connectivity index (χ3v) is 2.89. The van der Waals surface area contributed by atoms with E-state index in [-0.39, 0.29) is 6.10 Å². The van der Waals surface area contributed by atoms with Crippen LogP contribution in [0.2, 0.25) is 0 Å². The van der Waals surface area contributed by atoms with Crippen molar-refractivity contribution in [3.63, 3.8) is 0 Å². The fraction of sp³-hybridized carbons (Fsp3) is 0.571. The zero-order valence-electron chi connectivity index (χ0n) is 11.5. The van der Waals surface area contributed by atoms with Crippen LogP contribution in [-0.2, 0) is 0 Å². The SMILES string of the molecule is CCNC(C)C(C)Oc1cccc(N(C)C)c1. The van der Waals surface area contributed by atoms with Crippen molar-refractivity contribution >= 4 is 5.69 Å². The Morgan fingerprint density at radius 3 is 2.59 bits per heavy atom. The minimum atomic E-state index is 0.160. The Morgan fingerprint density at radius 2 is 2.00 bits per heavy atom. The molecule has 3 heteroatoms. The molecule has 0 aliphatic carbocycles. The number of rotatable bonds is 6. The third kappa shape index (κ3) is 4.27. The van der Waals surface area contributed by atoms with Gasteiger partial charge in [-0.15, -0.1) is 0 Å². The quantitative estimate of drug-likeness (QED) is 0.821. The Kier molecular flexibility index (Phi) is 5.29. The maximum Gasteiger partial charge on any atom is 0.121 e. The molecular formula is C14H24N2O. The second kappa shape index (κ2) is 6.50. The molecule has 0 aromatic heterocycles. The van der Waals surface area contributed by atoms with E-state index in [9.17, 15) is 0 Å². The van der Waals surface area contributed by atoms with Gasteiger partial charge in [0.1, 0.15) is 11.9 Å². The summed E-state index contributed by atoms with van der Waals surface area (Å²) >= 11 is 0. The number of hydrogen-bond acceptors (Lipinski definition) is 3. The number of hydrogen-bond donors (Lipinski definition) is 1. The molecule has 0 saturated heterocycles. The summed E-state index contributed by atoms with van der Waals surface area (Å²) in [6.07, 6.45) is 0.160. The van der Waals surface area contributed by atoms with Crippen molar-refractivity contribution in [1.29, 1.82) is 0 Å². The summed E-state index contributed by atoms with van der Waals surface area (Å²) in [5, 5.41) is 3.37. The van der Waals surface area contributed by atoms with E-state index in [2.05, 4.69) is 43.1 Å². The molecule has 3 nitrogen and oxygen atoms in total. The zero-order valence-corrected chi connectivity index (χ0v) is 11.5. The lowest BCUT2D eigenvalue weighted by Gasteiger charge is -2.23. The molecule has 0 bridgehead atoms. The van der Waals surface area contributed by atoms with E-state index in [0.717, 1.165) is 18.0 Å². The molecule has 0 spiro atoms. The second-order valence-electron chi connectivity index (χ2n) is 4.56. The molecule has 96 valence electrons. The zero-order chi connectivity index (χ0) is 12.8. The number of nitrogens with zero attached hydrogens (tertiary/aromatic N) is 1. The highest BCUT2D eigenvalue weighted by Crippen LogP contribution is 2.20. The Labute approximate surface area is 105 Å².